The van der Waals surface area contributed by atoms with Crippen LogP contribution in [0.25, 0.3) is 0 Å². The van der Waals surface area contributed by atoms with Crippen molar-refractivity contribution in [2.75, 3.05) is 24.2 Å². The summed E-state index contributed by atoms with van der Waals surface area (Å²) in [5, 5.41) is 3.38. The number of nitrogens with one attached hydrogen (secondary N) is 1. The molecule has 0 bridgehead atoms. The van der Waals surface area contributed by atoms with Crippen molar-refractivity contribution in [1.82, 2.24) is 0 Å². The zero-order valence-corrected chi connectivity index (χ0v) is 10.5. The first-order valence-corrected chi connectivity index (χ1v) is 6.47. The van der Waals surface area contributed by atoms with E-state index in [0.717, 1.165) is 30.9 Å². The van der Waals surface area contributed by atoms with Gasteiger partial charge in [-0.15, -0.1) is 0 Å². The van der Waals surface area contributed by atoms with Crippen LogP contribution in [0.5, 0.6) is 0 Å². The van der Waals surface area contributed by atoms with E-state index in [4.69, 9.17) is 10.5 Å². The SMILES string of the molecule is Cc1ccc(NCCC2CCCCO2)c(N)c1. The minimum absolute atomic E-state index is 0.433. The highest BCUT2D eigenvalue weighted by Gasteiger charge is 2.13. The van der Waals surface area contributed by atoms with Crippen LogP contribution in [0.4, 0.5) is 11.4 Å². The van der Waals surface area contributed by atoms with Gasteiger partial charge in [0.1, 0.15) is 0 Å². The molecule has 0 aromatic heterocycles. The molecule has 0 spiro atoms. The fraction of sp³-hybridized carbons (Fsp3) is 0.571. The molecule has 0 radical (unpaired) electrons. The molecular weight excluding hydrogens is 212 g/mol. The molecule has 1 saturated heterocycles. The van der Waals surface area contributed by atoms with Crippen LogP contribution < -0.4 is 11.1 Å². The number of aryl methyl sites for hydroxylation is 1. The number of anilines is 2. The Labute approximate surface area is 103 Å². The fourth-order valence-electron chi connectivity index (χ4n) is 2.25. The zero-order valence-electron chi connectivity index (χ0n) is 10.5. The van der Waals surface area contributed by atoms with Gasteiger partial charge < -0.3 is 15.8 Å². The van der Waals surface area contributed by atoms with Gasteiger partial charge >= 0.3 is 0 Å². The summed E-state index contributed by atoms with van der Waals surface area (Å²) in [5.74, 6) is 0. The molecule has 1 aliphatic heterocycles. The lowest BCUT2D eigenvalue weighted by molar-refractivity contribution is 0.0134. The molecule has 0 saturated carbocycles. The van der Waals surface area contributed by atoms with E-state index in [1.54, 1.807) is 0 Å². The predicted octanol–water partition coefficient (Wildman–Crippen LogP) is 2.95. The highest BCUT2D eigenvalue weighted by molar-refractivity contribution is 5.66. The largest absolute Gasteiger partial charge is 0.397 e. The second kappa shape index (κ2) is 5.92. The number of hydrogen-bond donors (Lipinski definition) is 2. The van der Waals surface area contributed by atoms with Gasteiger partial charge in [0.15, 0.2) is 0 Å². The Morgan fingerprint density at radius 3 is 3.00 bits per heavy atom. The molecule has 3 nitrogen and oxygen atoms in total. The van der Waals surface area contributed by atoms with E-state index in [-0.39, 0.29) is 0 Å². The standard InChI is InChI=1S/C14H22N2O/c1-11-5-6-14(13(15)10-11)16-8-7-12-4-2-3-9-17-12/h5-6,10,12,16H,2-4,7-9,15H2,1H3. The van der Waals surface area contributed by atoms with Crippen LogP contribution >= 0.6 is 0 Å². The molecule has 1 aromatic rings. The summed E-state index contributed by atoms with van der Waals surface area (Å²) < 4.78 is 5.69. The van der Waals surface area contributed by atoms with Gasteiger partial charge in [0.25, 0.3) is 0 Å². The van der Waals surface area contributed by atoms with Crippen LogP contribution in [-0.2, 0) is 4.74 Å². The van der Waals surface area contributed by atoms with E-state index in [1.807, 2.05) is 12.1 Å². The van der Waals surface area contributed by atoms with E-state index in [1.165, 1.54) is 24.8 Å². The van der Waals surface area contributed by atoms with Gasteiger partial charge in [0.2, 0.25) is 0 Å². The van der Waals surface area contributed by atoms with Crippen molar-refractivity contribution >= 4 is 11.4 Å². The summed E-state index contributed by atoms with van der Waals surface area (Å²) in [6, 6.07) is 6.13. The quantitative estimate of drug-likeness (QED) is 0.787. The van der Waals surface area contributed by atoms with E-state index in [2.05, 4.69) is 18.3 Å². The monoisotopic (exact) mass is 234 g/mol. The van der Waals surface area contributed by atoms with Crippen LogP contribution in [0.3, 0.4) is 0 Å². The topological polar surface area (TPSA) is 47.3 Å². The van der Waals surface area contributed by atoms with Crippen LogP contribution in [0.1, 0.15) is 31.2 Å². The number of nitrogens with two attached hydrogens (primary N) is 1. The van der Waals surface area contributed by atoms with Gasteiger partial charge in [0, 0.05) is 13.2 Å². The maximum Gasteiger partial charge on any atom is 0.0591 e. The number of nitrogen functional groups attached to an aromatic ring is 1. The average Bonchev–Trinajstić information content (AvgIpc) is 2.33. The van der Waals surface area contributed by atoms with Gasteiger partial charge in [0.05, 0.1) is 17.5 Å². The van der Waals surface area contributed by atoms with Crippen LogP contribution in [-0.4, -0.2) is 19.3 Å². The lowest BCUT2D eigenvalue weighted by Gasteiger charge is -2.22. The van der Waals surface area contributed by atoms with Crippen molar-refractivity contribution in [3.05, 3.63) is 23.8 Å². The Morgan fingerprint density at radius 2 is 2.29 bits per heavy atom. The number of hydrogen-bond acceptors (Lipinski definition) is 3. The van der Waals surface area contributed by atoms with Gasteiger partial charge in [-0.25, -0.2) is 0 Å². The first kappa shape index (κ1) is 12.2. The minimum Gasteiger partial charge on any atom is -0.397 e. The normalized spacial score (nSPS) is 20.2. The molecule has 94 valence electrons. The minimum atomic E-state index is 0.433. The van der Waals surface area contributed by atoms with E-state index in [0.29, 0.717) is 6.10 Å². The second-order valence-electron chi connectivity index (χ2n) is 4.79. The molecule has 3 N–H and O–H groups in total. The molecule has 0 aliphatic carbocycles. The van der Waals surface area contributed by atoms with E-state index in [9.17, 15) is 0 Å². The molecular formula is C14H22N2O. The first-order valence-electron chi connectivity index (χ1n) is 6.47. The Morgan fingerprint density at radius 1 is 1.41 bits per heavy atom. The fourth-order valence-corrected chi connectivity index (χ4v) is 2.25. The number of ether oxygens (including phenoxy) is 1. The summed E-state index contributed by atoms with van der Waals surface area (Å²) >= 11 is 0. The third-order valence-corrected chi connectivity index (χ3v) is 3.26. The Bertz CT molecular complexity index is 359. The summed E-state index contributed by atoms with van der Waals surface area (Å²) in [6.07, 6.45) is 5.22. The Hall–Kier alpha value is -1.22. The summed E-state index contributed by atoms with van der Waals surface area (Å²) in [6.45, 7) is 3.91. The molecule has 0 amide bonds. The lowest BCUT2D eigenvalue weighted by atomic mass is 10.1. The van der Waals surface area contributed by atoms with E-state index < -0.39 is 0 Å². The van der Waals surface area contributed by atoms with Crippen molar-refractivity contribution in [2.45, 2.75) is 38.7 Å². The Balaban J connectivity index is 1.77. The first-order chi connectivity index (χ1) is 8.25. The third kappa shape index (κ3) is 3.63. The van der Waals surface area contributed by atoms with Crippen LogP contribution in [0.2, 0.25) is 0 Å². The van der Waals surface area contributed by atoms with Crippen molar-refractivity contribution in [3.63, 3.8) is 0 Å². The van der Waals surface area contributed by atoms with Crippen LogP contribution in [0.15, 0.2) is 18.2 Å². The number of benzene rings is 1. The molecule has 17 heavy (non-hydrogen) atoms. The van der Waals surface area contributed by atoms with Crippen molar-refractivity contribution in [2.24, 2.45) is 0 Å². The zero-order chi connectivity index (χ0) is 12.1. The molecule has 1 aromatic carbocycles. The van der Waals surface area contributed by atoms with Gasteiger partial charge in [-0.2, -0.15) is 0 Å². The molecule has 1 atom stereocenters. The molecule has 1 fully saturated rings. The van der Waals surface area contributed by atoms with Crippen LogP contribution in [0, 0.1) is 6.92 Å². The third-order valence-electron chi connectivity index (χ3n) is 3.26. The molecule has 3 heteroatoms. The highest BCUT2D eigenvalue weighted by Crippen LogP contribution is 2.20. The second-order valence-corrected chi connectivity index (χ2v) is 4.79. The maximum absolute atomic E-state index is 5.95. The molecule has 1 unspecified atom stereocenters. The van der Waals surface area contributed by atoms with Gasteiger partial charge in [-0.3, -0.25) is 0 Å². The predicted molar refractivity (Wildman–Crippen MR) is 72.3 cm³/mol. The summed E-state index contributed by atoms with van der Waals surface area (Å²) in [5.41, 5.74) is 9.01. The average molecular weight is 234 g/mol. The smallest absolute Gasteiger partial charge is 0.0591 e. The lowest BCUT2D eigenvalue weighted by Crippen LogP contribution is -2.22. The van der Waals surface area contributed by atoms with Gasteiger partial charge in [-0.05, 0) is 50.3 Å². The van der Waals surface area contributed by atoms with Crippen molar-refractivity contribution in [3.8, 4) is 0 Å². The highest BCUT2D eigenvalue weighted by atomic mass is 16.5. The molecule has 2 rings (SSSR count). The summed E-state index contributed by atoms with van der Waals surface area (Å²) in [4.78, 5) is 0. The Kier molecular flexibility index (Phi) is 4.26. The van der Waals surface area contributed by atoms with Gasteiger partial charge in [-0.1, -0.05) is 6.07 Å². The summed E-state index contributed by atoms with van der Waals surface area (Å²) in [7, 11) is 0. The molecule has 1 heterocycles. The number of rotatable bonds is 4. The van der Waals surface area contributed by atoms with E-state index >= 15 is 0 Å². The maximum atomic E-state index is 5.95. The van der Waals surface area contributed by atoms with Crippen molar-refractivity contribution < 1.29 is 4.74 Å². The van der Waals surface area contributed by atoms with Crippen molar-refractivity contribution in [1.29, 1.82) is 0 Å². The molecule has 1 aliphatic rings.